The lowest BCUT2D eigenvalue weighted by Crippen LogP contribution is -2.36. The molecule has 2 rings (SSSR count). The third-order valence-electron chi connectivity index (χ3n) is 3.95. The topological polar surface area (TPSA) is 37.4 Å². The second-order valence-corrected chi connectivity index (χ2v) is 9.04. The van der Waals surface area contributed by atoms with Crippen molar-refractivity contribution >= 4 is 33.3 Å². The molecular weight excluding hydrogens is 342 g/mol. The Morgan fingerprint density at radius 1 is 1.36 bits per heavy atom. The van der Waals surface area contributed by atoms with Crippen LogP contribution in [0.1, 0.15) is 57.0 Å². The molecule has 0 saturated carbocycles. The van der Waals surface area contributed by atoms with Crippen molar-refractivity contribution in [3.63, 3.8) is 0 Å². The zero-order valence-electron chi connectivity index (χ0n) is 13.9. The molecule has 1 aliphatic heterocycles. The molecule has 1 aromatic carbocycles. The van der Waals surface area contributed by atoms with Crippen LogP contribution in [0.4, 0.5) is 5.69 Å². The van der Waals surface area contributed by atoms with Gasteiger partial charge in [-0.3, -0.25) is 9.59 Å². The average Bonchev–Trinajstić information content (AvgIpc) is 2.70. The molecule has 0 fully saturated rings. The average molecular weight is 366 g/mol. The highest BCUT2D eigenvalue weighted by Gasteiger charge is 2.32. The molecule has 1 aliphatic rings. The summed E-state index contributed by atoms with van der Waals surface area (Å²) in [5.41, 5.74) is 2.75. The minimum Gasteiger partial charge on any atom is -0.309 e. The lowest BCUT2D eigenvalue weighted by Gasteiger charge is -2.24. The fourth-order valence-electron chi connectivity index (χ4n) is 2.94. The molecule has 0 aliphatic carbocycles. The quantitative estimate of drug-likeness (QED) is 0.586. The summed E-state index contributed by atoms with van der Waals surface area (Å²) >= 11 is 3.42. The zero-order valence-corrected chi connectivity index (χ0v) is 15.5. The highest BCUT2D eigenvalue weighted by molar-refractivity contribution is 9.10. The van der Waals surface area contributed by atoms with Crippen molar-refractivity contribution in [2.75, 3.05) is 4.90 Å². The predicted octanol–water partition coefficient (Wildman–Crippen LogP) is 4.37. The monoisotopic (exact) mass is 365 g/mol. The maximum Gasteiger partial charge on any atom is 0.227 e. The van der Waals surface area contributed by atoms with Gasteiger partial charge >= 0.3 is 0 Å². The Labute approximate surface area is 141 Å². The summed E-state index contributed by atoms with van der Waals surface area (Å²) in [4.78, 5) is 26.7. The van der Waals surface area contributed by atoms with E-state index < -0.39 is 4.32 Å². The number of Topliss-reactive ketones (excluding diaryl/α,β-unsaturated/α-hetero) is 1. The van der Waals surface area contributed by atoms with Crippen LogP contribution in [0.3, 0.4) is 0 Å². The van der Waals surface area contributed by atoms with Gasteiger partial charge in [0.1, 0.15) is 0 Å². The Morgan fingerprint density at radius 3 is 2.55 bits per heavy atom. The van der Waals surface area contributed by atoms with Gasteiger partial charge in [-0.05, 0) is 56.9 Å². The van der Waals surface area contributed by atoms with Crippen LogP contribution in [0.2, 0.25) is 0 Å². The number of rotatable bonds is 4. The predicted molar refractivity (Wildman–Crippen MR) is 93.9 cm³/mol. The summed E-state index contributed by atoms with van der Waals surface area (Å²) in [5.74, 6) is 0.579. The van der Waals surface area contributed by atoms with Crippen molar-refractivity contribution in [1.29, 1.82) is 0 Å². The standard InChI is InChI=1S/C18H24BrNO2/c1-11(2)8-16(21)20-12(3)9-14-10-13(6-7-15(14)20)17(22)18(4,5)19/h6-7,10-12H,8-9H2,1-5H3. The van der Waals surface area contributed by atoms with Gasteiger partial charge in [0.2, 0.25) is 5.91 Å². The summed E-state index contributed by atoms with van der Waals surface area (Å²) < 4.78 is -0.571. The van der Waals surface area contributed by atoms with Crippen LogP contribution in [0.25, 0.3) is 0 Å². The summed E-state index contributed by atoms with van der Waals surface area (Å²) in [6.07, 6.45) is 1.36. The number of amides is 1. The van der Waals surface area contributed by atoms with Gasteiger partial charge in [-0.25, -0.2) is 0 Å². The Bertz CT molecular complexity index is 602. The van der Waals surface area contributed by atoms with E-state index in [-0.39, 0.29) is 17.7 Å². The SMILES string of the molecule is CC(C)CC(=O)N1c2ccc(C(=O)C(C)(C)Br)cc2CC1C. The van der Waals surface area contributed by atoms with E-state index >= 15 is 0 Å². The maximum absolute atomic E-state index is 12.5. The first-order valence-corrected chi connectivity index (χ1v) is 8.59. The van der Waals surface area contributed by atoms with Crippen molar-refractivity contribution in [1.82, 2.24) is 0 Å². The smallest absolute Gasteiger partial charge is 0.227 e. The first-order chi connectivity index (χ1) is 10.1. The van der Waals surface area contributed by atoms with Crippen LogP contribution in [0.5, 0.6) is 0 Å². The van der Waals surface area contributed by atoms with Crippen LogP contribution in [0.15, 0.2) is 18.2 Å². The van der Waals surface area contributed by atoms with Crippen LogP contribution in [-0.4, -0.2) is 22.1 Å². The number of benzene rings is 1. The molecule has 0 saturated heterocycles. The maximum atomic E-state index is 12.5. The Hall–Kier alpha value is -1.16. The number of hydrogen-bond acceptors (Lipinski definition) is 2. The fourth-order valence-corrected chi connectivity index (χ4v) is 3.17. The van der Waals surface area contributed by atoms with E-state index in [1.165, 1.54) is 0 Å². The number of alkyl halides is 1. The van der Waals surface area contributed by atoms with E-state index in [1.807, 2.05) is 36.9 Å². The summed E-state index contributed by atoms with van der Waals surface area (Å²) in [5, 5.41) is 0. The normalized spacial score (nSPS) is 17.8. The molecule has 120 valence electrons. The number of ketones is 1. The molecule has 4 heteroatoms. The van der Waals surface area contributed by atoms with Gasteiger partial charge in [-0.2, -0.15) is 0 Å². The Balaban J connectivity index is 2.32. The molecule has 1 amide bonds. The van der Waals surface area contributed by atoms with Gasteiger partial charge in [0.15, 0.2) is 5.78 Å². The van der Waals surface area contributed by atoms with Crippen molar-refractivity contribution in [2.24, 2.45) is 5.92 Å². The van der Waals surface area contributed by atoms with Crippen LogP contribution in [0, 0.1) is 5.92 Å². The second kappa shape index (κ2) is 6.15. The number of fused-ring (bicyclic) bond motifs is 1. The Morgan fingerprint density at radius 2 is 2.00 bits per heavy atom. The molecule has 0 aromatic heterocycles. The molecule has 0 spiro atoms. The molecule has 0 radical (unpaired) electrons. The number of halogens is 1. The Kier molecular flexibility index (Phi) is 4.81. The minimum absolute atomic E-state index is 0.0647. The van der Waals surface area contributed by atoms with Gasteiger partial charge < -0.3 is 4.90 Å². The van der Waals surface area contributed by atoms with E-state index in [9.17, 15) is 9.59 Å². The fraction of sp³-hybridized carbons (Fsp3) is 0.556. The van der Waals surface area contributed by atoms with Crippen molar-refractivity contribution in [3.05, 3.63) is 29.3 Å². The van der Waals surface area contributed by atoms with Gasteiger partial charge in [0.25, 0.3) is 0 Å². The van der Waals surface area contributed by atoms with Crippen LogP contribution >= 0.6 is 15.9 Å². The summed E-state index contributed by atoms with van der Waals surface area (Å²) in [7, 11) is 0. The van der Waals surface area contributed by atoms with Crippen LogP contribution in [-0.2, 0) is 11.2 Å². The molecular formula is C18H24BrNO2. The molecule has 1 aromatic rings. The van der Waals surface area contributed by atoms with Crippen LogP contribution < -0.4 is 4.90 Å². The molecule has 22 heavy (non-hydrogen) atoms. The van der Waals surface area contributed by atoms with E-state index in [0.717, 1.165) is 17.7 Å². The largest absolute Gasteiger partial charge is 0.309 e. The van der Waals surface area contributed by atoms with E-state index in [1.54, 1.807) is 0 Å². The van der Waals surface area contributed by atoms with Crippen molar-refractivity contribution in [2.45, 2.75) is 57.8 Å². The zero-order chi connectivity index (χ0) is 16.7. The molecule has 1 unspecified atom stereocenters. The number of nitrogens with zero attached hydrogens (tertiary/aromatic N) is 1. The summed E-state index contributed by atoms with van der Waals surface area (Å²) in [6.45, 7) is 9.88. The summed E-state index contributed by atoms with van der Waals surface area (Å²) in [6, 6.07) is 5.85. The van der Waals surface area contributed by atoms with Gasteiger partial charge in [-0.1, -0.05) is 29.8 Å². The number of carbonyl (C=O) groups is 2. The highest BCUT2D eigenvalue weighted by atomic mass is 79.9. The van der Waals surface area contributed by atoms with Crippen molar-refractivity contribution < 1.29 is 9.59 Å². The minimum atomic E-state index is -0.571. The molecule has 1 heterocycles. The first kappa shape index (κ1) is 17.2. The van der Waals surface area contributed by atoms with E-state index in [4.69, 9.17) is 0 Å². The highest BCUT2D eigenvalue weighted by Crippen LogP contribution is 2.35. The lowest BCUT2D eigenvalue weighted by molar-refractivity contribution is -0.119. The van der Waals surface area contributed by atoms with Gasteiger partial charge in [0, 0.05) is 23.7 Å². The molecule has 0 bridgehead atoms. The number of anilines is 1. The lowest BCUT2D eigenvalue weighted by atomic mass is 9.98. The molecule has 3 nitrogen and oxygen atoms in total. The van der Waals surface area contributed by atoms with Gasteiger partial charge in [0.05, 0.1) is 4.32 Å². The molecule has 1 atom stereocenters. The van der Waals surface area contributed by atoms with Crippen molar-refractivity contribution in [3.8, 4) is 0 Å². The van der Waals surface area contributed by atoms with Gasteiger partial charge in [-0.15, -0.1) is 0 Å². The number of carbonyl (C=O) groups excluding carboxylic acids is 2. The first-order valence-electron chi connectivity index (χ1n) is 7.80. The van der Waals surface area contributed by atoms with E-state index in [2.05, 4.69) is 36.7 Å². The van der Waals surface area contributed by atoms with E-state index in [0.29, 0.717) is 17.9 Å². The third-order valence-corrected chi connectivity index (χ3v) is 4.31. The molecule has 0 N–H and O–H groups in total. The number of hydrogen-bond donors (Lipinski definition) is 0. The third kappa shape index (κ3) is 3.43. The second-order valence-electron chi connectivity index (χ2n) is 7.06.